The largest absolute Gasteiger partial charge is 0.396 e. The van der Waals surface area contributed by atoms with Crippen molar-refractivity contribution >= 4 is 29.5 Å². The molecule has 8 rings (SSSR count). The van der Waals surface area contributed by atoms with Crippen molar-refractivity contribution in [3.05, 3.63) is 11.3 Å². The maximum Gasteiger partial charge on any atom is 0.316 e. The van der Waals surface area contributed by atoms with Crippen LogP contribution in [0.5, 0.6) is 0 Å². The third-order valence-corrected chi connectivity index (χ3v) is 16.6. The smallest absolute Gasteiger partial charge is 0.316 e. The second kappa shape index (κ2) is 12.9. The predicted molar refractivity (Wildman–Crippen MR) is 205 cm³/mol. The van der Waals surface area contributed by atoms with Crippen LogP contribution in [-0.4, -0.2) is 107 Å². The van der Waals surface area contributed by atoms with Gasteiger partial charge in [-0.2, -0.15) is 0 Å². The fourth-order valence-electron chi connectivity index (χ4n) is 12.4. The number of hydrogen-bond donors (Lipinski definition) is 4. The number of nitrogens with two attached hydrogens (primary N) is 1. The maximum absolute atomic E-state index is 15.0. The molecule has 2 heterocycles. The standard InChI is InChI=1S/C42H65N7O5/c1-38(2,3)33(46-37(54)45-31(25-11-8-7-9-12-25)35(52)48-20-19-47(6)40(23-48)17-18-40)36(53)49-24-42(39(4,5)41(42)15-10-16-41)22-29(49)34(51)44-28-21-26-13-14-27(26)30(43)32(28)50/h25-26,28-29,31,33H,7-24,43H2,1-6H3,(H,44,51)(H2,45,46,54)/t26?,28?,29?,31?,33-,42?/m0/s1. The summed E-state index contributed by atoms with van der Waals surface area (Å²) in [6.07, 6.45) is 13.3. The summed E-state index contributed by atoms with van der Waals surface area (Å²) in [5.41, 5.74) is 6.76. The first kappa shape index (κ1) is 37.8. The lowest BCUT2D eigenvalue weighted by Gasteiger charge is -2.43. The lowest BCUT2D eigenvalue weighted by Crippen LogP contribution is -2.63. The van der Waals surface area contributed by atoms with Gasteiger partial charge in [-0.05, 0) is 105 Å². The zero-order valence-electron chi connectivity index (χ0n) is 33.7. The van der Waals surface area contributed by atoms with Crippen LogP contribution in [0.3, 0.4) is 0 Å². The summed E-state index contributed by atoms with van der Waals surface area (Å²) in [6, 6.07) is -3.60. The number of allylic oxidation sites excluding steroid dienone is 1. The van der Waals surface area contributed by atoms with Crippen LogP contribution >= 0.6 is 0 Å². The van der Waals surface area contributed by atoms with Gasteiger partial charge in [-0.1, -0.05) is 60.3 Å². The molecule has 298 valence electrons. The molecule has 12 nitrogen and oxygen atoms in total. The summed E-state index contributed by atoms with van der Waals surface area (Å²) in [5.74, 6) is -0.578. The molecule has 0 bridgehead atoms. The van der Waals surface area contributed by atoms with Crippen LogP contribution in [0.2, 0.25) is 0 Å². The van der Waals surface area contributed by atoms with Crippen molar-refractivity contribution < 1.29 is 24.0 Å². The highest BCUT2D eigenvalue weighted by atomic mass is 16.2. The van der Waals surface area contributed by atoms with Crippen molar-refractivity contribution in [1.29, 1.82) is 0 Å². The van der Waals surface area contributed by atoms with E-state index in [0.717, 1.165) is 89.2 Å². The molecule has 3 spiro atoms. The Morgan fingerprint density at radius 1 is 0.870 bits per heavy atom. The number of urea groups is 1. The van der Waals surface area contributed by atoms with Crippen LogP contribution < -0.4 is 21.7 Å². The molecule has 0 aromatic heterocycles. The maximum atomic E-state index is 15.0. The normalized spacial score (nSPS) is 33.4. The molecule has 0 radical (unpaired) electrons. The molecule has 2 aliphatic heterocycles. The van der Waals surface area contributed by atoms with E-state index in [1.54, 1.807) is 4.90 Å². The molecule has 0 aromatic carbocycles. The van der Waals surface area contributed by atoms with Crippen LogP contribution in [-0.2, 0) is 19.2 Å². The Kier molecular flexibility index (Phi) is 9.05. The molecule has 2 saturated heterocycles. The third-order valence-electron chi connectivity index (χ3n) is 16.6. The summed E-state index contributed by atoms with van der Waals surface area (Å²) in [7, 11) is 2.14. The first-order chi connectivity index (χ1) is 25.5. The molecule has 6 aliphatic carbocycles. The molecular weight excluding hydrogens is 683 g/mol. The highest BCUT2D eigenvalue weighted by molar-refractivity contribution is 6.03. The molecule has 54 heavy (non-hydrogen) atoms. The Morgan fingerprint density at radius 2 is 1.57 bits per heavy atom. The topological polar surface area (TPSA) is 157 Å². The number of rotatable bonds is 7. The van der Waals surface area contributed by atoms with Crippen LogP contribution in [0.15, 0.2) is 11.3 Å². The van der Waals surface area contributed by atoms with Crippen LogP contribution in [0.4, 0.5) is 4.79 Å². The van der Waals surface area contributed by atoms with Gasteiger partial charge in [-0.25, -0.2) is 4.79 Å². The van der Waals surface area contributed by atoms with Crippen molar-refractivity contribution in [2.75, 3.05) is 33.2 Å². The number of nitrogens with one attached hydrogen (secondary N) is 3. The van der Waals surface area contributed by atoms with Gasteiger partial charge in [-0.3, -0.25) is 24.1 Å². The van der Waals surface area contributed by atoms with E-state index < -0.39 is 35.6 Å². The fourth-order valence-corrected chi connectivity index (χ4v) is 12.4. The zero-order valence-corrected chi connectivity index (χ0v) is 33.7. The molecule has 12 heteroatoms. The van der Waals surface area contributed by atoms with Crippen molar-refractivity contribution in [1.82, 2.24) is 30.7 Å². The number of ketones is 1. The Balaban J connectivity index is 1.02. The number of carbonyl (C=O) groups is 5. The van der Waals surface area contributed by atoms with Gasteiger partial charge < -0.3 is 31.5 Å². The summed E-state index contributed by atoms with van der Waals surface area (Å²) in [6.45, 7) is 12.9. The lowest BCUT2D eigenvalue weighted by atomic mass is 9.69. The Morgan fingerprint density at radius 3 is 2.15 bits per heavy atom. The van der Waals surface area contributed by atoms with E-state index in [0.29, 0.717) is 38.2 Å². The van der Waals surface area contributed by atoms with E-state index in [2.05, 4.69) is 41.7 Å². The summed E-state index contributed by atoms with van der Waals surface area (Å²) in [4.78, 5) is 77.2. The lowest BCUT2D eigenvalue weighted by molar-refractivity contribution is -0.142. The minimum absolute atomic E-state index is 0.0168. The second-order valence-corrected chi connectivity index (χ2v) is 20.4. The molecule has 5 saturated carbocycles. The SMILES string of the molecule is CN1CCN(C(=O)C(NC(=O)N[C@@H](C(=O)N2CC3(CC2C(=O)NC2CC4CCC4=C(N)C2=O)C(C)(C)C32CCC2)C(C)(C)C)C2CCCCC2)CC12CC2. The van der Waals surface area contributed by atoms with Gasteiger partial charge in [0, 0.05) is 37.1 Å². The number of likely N-dealkylation sites (tertiary alicyclic amines) is 1. The van der Waals surface area contributed by atoms with Gasteiger partial charge in [0.25, 0.3) is 0 Å². The van der Waals surface area contributed by atoms with Crippen molar-refractivity contribution in [3.63, 3.8) is 0 Å². The average Bonchev–Trinajstić information content (AvgIpc) is 3.88. The van der Waals surface area contributed by atoms with Gasteiger partial charge in [0.2, 0.25) is 23.5 Å². The van der Waals surface area contributed by atoms with Crippen molar-refractivity contribution in [3.8, 4) is 0 Å². The highest BCUT2D eigenvalue weighted by Gasteiger charge is 2.85. The number of Topliss-reactive ketones (excluding diaryl/α,β-unsaturated/α-hetero) is 1. The van der Waals surface area contributed by atoms with Crippen molar-refractivity contribution in [2.45, 2.75) is 154 Å². The van der Waals surface area contributed by atoms with E-state index >= 15 is 4.79 Å². The summed E-state index contributed by atoms with van der Waals surface area (Å²) in [5, 5.41) is 9.24. The number of nitrogens with zero attached hydrogens (tertiary/aromatic N) is 3. The first-order valence-electron chi connectivity index (χ1n) is 21.2. The second-order valence-electron chi connectivity index (χ2n) is 20.4. The number of amides is 5. The summed E-state index contributed by atoms with van der Waals surface area (Å²) < 4.78 is 0. The van der Waals surface area contributed by atoms with Gasteiger partial charge in [0.15, 0.2) is 0 Å². The summed E-state index contributed by atoms with van der Waals surface area (Å²) >= 11 is 0. The van der Waals surface area contributed by atoms with Crippen LogP contribution in [0.1, 0.15) is 125 Å². The monoisotopic (exact) mass is 748 g/mol. The van der Waals surface area contributed by atoms with E-state index in [1.165, 1.54) is 0 Å². The zero-order chi connectivity index (χ0) is 38.6. The number of hydrogen-bond acceptors (Lipinski definition) is 7. The minimum Gasteiger partial charge on any atom is -0.396 e. The quantitative estimate of drug-likeness (QED) is 0.309. The van der Waals surface area contributed by atoms with Crippen molar-refractivity contribution in [2.24, 2.45) is 39.2 Å². The first-order valence-corrected chi connectivity index (χ1v) is 21.2. The molecule has 5 N–H and O–H groups in total. The Hall–Kier alpha value is -3.15. The number of piperazine rings is 1. The molecule has 0 aromatic rings. The van der Waals surface area contributed by atoms with Crippen LogP contribution in [0, 0.1) is 33.5 Å². The average molecular weight is 748 g/mol. The number of carbonyl (C=O) groups excluding carboxylic acids is 5. The van der Waals surface area contributed by atoms with E-state index in [-0.39, 0.29) is 57.1 Å². The molecule has 8 aliphatic rings. The Bertz CT molecular complexity index is 1630. The molecular formula is C42H65N7O5. The van der Waals surface area contributed by atoms with Gasteiger partial charge >= 0.3 is 6.03 Å². The van der Waals surface area contributed by atoms with Crippen LogP contribution in [0.25, 0.3) is 0 Å². The molecule has 5 amide bonds. The van der Waals surface area contributed by atoms with E-state index in [4.69, 9.17) is 5.73 Å². The minimum atomic E-state index is -0.949. The fraction of sp³-hybridized carbons (Fsp3) is 0.833. The van der Waals surface area contributed by atoms with E-state index in [9.17, 15) is 19.2 Å². The highest BCUT2D eigenvalue weighted by Crippen LogP contribution is 2.88. The number of likely N-dealkylation sites (N-methyl/N-ethyl adjacent to an activating group) is 1. The molecule has 7 fully saturated rings. The Labute approximate surface area is 321 Å². The van der Waals surface area contributed by atoms with Gasteiger partial charge in [0.05, 0.1) is 11.7 Å². The van der Waals surface area contributed by atoms with Gasteiger partial charge in [-0.15, -0.1) is 0 Å². The molecule has 6 atom stereocenters. The third kappa shape index (κ3) is 5.72. The van der Waals surface area contributed by atoms with E-state index in [1.807, 2.05) is 25.7 Å². The van der Waals surface area contributed by atoms with Gasteiger partial charge in [0.1, 0.15) is 18.1 Å². The molecule has 5 unspecified atom stereocenters. The number of fused-ring (bicyclic) bond motifs is 2. The predicted octanol–water partition coefficient (Wildman–Crippen LogP) is 3.83.